The summed E-state index contributed by atoms with van der Waals surface area (Å²) in [7, 11) is 0. The van der Waals surface area contributed by atoms with Gasteiger partial charge in [0.25, 0.3) is 0 Å². The Kier molecular flexibility index (Phi) is 10.1. The highest BCUT2D eigenvalue weighted by Gasteiger charge is 2.19. The maximum absolute atomic E-state index is 5.25. The van der Waals surface area contributed by atoms with Gasteiger partial charge in [-0.15, -0.1) is 0 Å². The van der Waals surface area contributed by atoms with Gasteiger partial charge in [0.1, 0.15) is 0 Å². The summed E-state index contributed by atoms with van der Waals surface area (Å²) in [5.74, 6) is 1.76. The standard InChI is InChI=1S/C62H41N5/c1-6-18-42(19-7-1)46-32-33-57-55(40-46)59-54(30-17-31-58(59)67(57)53-28-14-5-15-29-53)47-26-16-27-48(36-47)61-64-60(45-24-12-4-13-25-45)65-62(66-61)49-34-35-63-56(41-49)52-38-50(43-20-8-2-9-21-43)37-51(39-52)44-22-10-3-11-23-44/h1-41H. The van der Waals surface area contributed by atoms with Gasteiger partial charge in [-0.3, -0.25) is 4.98 Å². The molecular formula is C62H41N5. The summed E-state index contributed by atoms with van der Waals surface area (Å²) in [6.45, 7) is 0. The second-order valence-corrected chi connectivity index (χ2v) is 16.7. The number of hydrogen-bond acceptors (Lipinski definition) is 4. The number of fused-ring (bicyclic) bond motifs is 3. The molecule has 0 unspecified atom stereocenters. The highest BCUT2D eigenvalue weighted by Crippen LogP contribution is 2.41. The molecule has 3 heterocycles. The van der Waals surface area contributed by atoms with E-state index in [0.717, 1.165) is 78.0 Å². The Morgan fingerprint density at radius 3 is 1.39 bits per heavy atom. The van der Waals surface area contributed by atoms with Crippen LogP contribution in [0.1, 0.15) is 0 Å². The molecular weight excluding hydrogens is 815 g/mol. The zero-order valence-electron chi connectivity index (χ0n) is 36.4. The number of pyridine rings is 1. The van der Waals surface area contributed by atoms with Crippen LogP contribution in [0.25, 0.3) is 117 Å². The third kappa shape index (κ3) is 7.64. The summed E-state index contributed by atoms with van der Waals surface area (Å²) in [5.41, 5.74) is 17.0. The van der Waals surface area contributed by atoms with E-state index in [0.29, 0.717) is 17.5 Å². The molecule has 5 heteroatoms. The molecule has 5 nitrogen and oxygen atoms in total. The smallest absolute Gasteiger partial charge is 0.164 e. The third-order valence-electron chi connectivity index (χ3n) is 12.5. The van der Waals surface area contributed by atoms with Gasteiger partial charge in [0.2, 0.25) is 0 Å². The van der Waals surface area contributed by atoms with Gasteiger partial charge in [-0.1, -0.05) is 176 Å². The molecule has 67 heavy (non-hydrogen) atoms. The zero-order chi connectivity index (χ0) is 44.5. The van der Waals surface area contributed by atoms with E-state index in [4.69, 9.17) is 19.9 Å². The van der Waals surface area contributed by atoms with Crippen LogP contribution in [0.2, 0.25) is 0 Å². The molecule has 0 bridgehead atoms. The number of para-hydroxylation sites is 1. The van der Waals surface area contributed by atoms with E-state index >= 15 is 0 Å². The van der Waals surface area contributed by atoms with E-state index in [1.165, 1.54) is 21.9 Å². The average molecular weight is 856 g/mol. The van der Waals surface area contributed by atoms with Gasteiger partial charge in [0, 0.05) is 44.9 Å². The predicted molar refractivity (Wildman–Crippen MR) is 275 cm³/mol. The van der Waals surface area contributed by atoms with E-state index in [-0.39, 0.29) is 0 Å². The summed E-state index contributed by atoms with van der Waals surface area (Å²) in [4.78, 5) is 20.5. The first-order chi connectivity index (χ1) is 33.2. The molecule has 0 aliphatic carbocycles. The molecule has 0 aliphatic rings. The largest absolute Gasteiger partial charge is 0.309 e. The Bertz CT molecular complexity index is 3660. The maximum Gasteiger partial charge on any atom is 0.164 e. The number of benzene rings is 9. The molecule has 0 fully saturated rings. The van der Waals surface area contributed by atoms with Crippen molar-refractivity contribution in [3.63, 3.8) is 0 Å². The minimum Gasteiger partial charge on any atom is -0.309 e. The fourth-order valence-corrected chi connectivity index (χ4v) is 9.25. The minimum atomic E-state index is 0.571. The van der Waals surface area contributed by atoms with E-state index in [9.17, 15) is 0 Å². The highest BCUT2D eigenvalue weighted by atomic mass is 15.0. The lowest BCUT2D eigenvalue weighted by Gasteiger charge is -2.12. The molecule has 314 valence electrons. The van der Waals surface area contributed by atoms with Crippen molar-refractivity contribution in [2.45, 2.75) is 0 Å². The molecule has 0 radical (unpaired) electrons. The summed E-state index contributed by atoms with van der Waals surface area (Å²) in [5, 5.41) is 2.38. The third-order valence-corrected chi connectivity index (χ3v) is 12.5. The Balaban J connectivity index is 1.00. The van der Waals surface area contributed by atoms with Crippen molar-refractivity contribution >= 4 is 21.8 Å². The number of aromatic nitrogens is 5. The molecule has 9 aromatic carbocycles. The van der Waals surface area contributed by atoms with Gasteiger partial charge in [-0.2, -0.15) is 0 Å². The fraction of sp³-hybridized carbons (Fsp3) is 0. The predicted octanol–water partition coefficient (Wildman–Crippen LogP) is 15.7. The molecule has 0 amide bonds. The van der Waals surface area contributed by atoms with Gasteiger partial charge in [-0.05, 0) is 111 Å². The van der Waals surface area contributed by atoms with Crippen LogP contribution in [0.15, 0.2) is 249 Å². The molecule has 0 saturated heterocycles. The zero-order valence-corrected chi connectivity index (χ0v) is 36.4. The first-order valence-electron chi connectivity index (χ1n) is 22.5. The van der Waals surface area contributed by atoms with E-state index in [1.807, 2.05) is 54.7 Å². The molecule has 0 N–H and O–H groups in total. The average Bonchev–Trinajstić information content (AvgIpc) is 3.76. The van der Waals surface area contributed by atoms with Crippen molar-refractivity contribution in [3.8, 4) is 95.6 Å². The number of rotatable bonds is 9. The van der Waals surface area contributed by atoms with E-state index in [1.54, 1.807) is 0 Å². The van der Waals surface area contributed by atoms with Gasteiger partial charge < -0.3 is 4.57 Å². The molecule has 12 rings (SSSR count). The number of nitrogens with zero attached hydrogens (tertiary/aromatic N) is 5. The lowest BCUT2D eigenvalue weighted by molar-refractivity contribution is 1.07. The normalized spacial score (nSPS) is 11.3. The van der Waals surface area contributed by atoms with Crippen molar-refractivity contribution in [2.24, 2.45) is 0 Å². The highest BCUT2D eigenvalue weighted by molar-refractivity contribution is 6.16. The maximum atomic E-state index is 5.25. The first kappa shape index (κ1) is 39.5. The molecule has 3 aromatic heterocycles. The van der Waals surface area contributed by atoms with Crippen LogP contribution < -0.4 is 0 Å². The molecule has 0 saturated carbocycles. The van der Waals surface area contributed by atoms with Crippen molar-refractivity contribution in [1.82, 2.24) is 24.5 Å². The van der Waals surface area contributed by atoms with E-state index in [2.05, 4.69) is 199 Å². The van der Waals surface area contributed by atoms with Crippen molar-refractivity contribution < 1.29 is 0 Å². The lowest BCUT2D eigenvalue weighted by atomic mass is 9.94. The van der Waals surface area contributed by atoms with Crippen LogP contribution in [0.5, 0.6) is 0 Å². The second kappa shape index (κ2) is 17.1. The van der Waals surface area contributed by atoms with Crippen LogP contribution in [-0.4, -0.2) is 24.5 Å². The number of hydrogen-bond donors (Lipinski definition) is 0. The van der Waals surface area contributed by atoms with Crippen LogP contribution in [-0.2, 0) is 0 Å². The van der Waals surface area contributed by atoms with Crippen molar-refractivity contribution in [3.05, 3.63) is 249 Å². The summed E-state index contributed by atoms with van der Waals surface area (Å²) < 4.78 is 2.38. The van der Waals surface area contributed by atoms with Gasteiger partial charge >= 0.3 is 0 Å². The van der Waals surface area contributed by atoms with E-state index < -0.39 is 0 Å². The van der Waals surface area contributed by atoms with Crippen LogP contribution >= 0.6 is 0 Å². The first-order valence-corrected chi connectivity index (χ1v) is 22.5. The molecule has 0 aliphatic heterocycles. The Hall–Kier alpha value is -9.06. The SMILES string of the molecule is c1ccc(-c2cc(-c3ccccc3)cc(-c3cc(-c4nc(-c5ccccc5)nc(-c5cccc(-c6cccc7c6c6cc(-c8ccccc8)ccc6n7-c6ccccc6)c5)n4)ccn3)c2)cc1. The minimum absolute atomic E-state index is 0.571. The Labute approximate surface area is 389 Å². The van der Waals surface area contributed by atoms with Gasteiger partial charge in [0.15, 0.2) is 17.5 Å². The van der Waals surface area contributed by atoms with Crippen LogP contribution in [0, 0.1) is 0 Å². The summed E-state index contributed by atoms with van der Waals surface area (Å²) >= 11 is 0. The van der Waals surface area contributed by atoms with Gasteiger partial charge in [-0.25, -0.2) is 15.0 Å². The second-order valence-electron chi connectivity index (χ2n) is 16.7. The Morgan fingerprint density at radius 2 is 0.761 bits per heavy atom. The molecule has 12 aromatic rings. The monoisotopic (exact) mass is 855 g/mol. The fourth-order valence-electron chi connectivity index (χ4n) is 9.25. The Morgan fingerprint density at radius 1 is 0.284 bits per heavy atom. The van der Waals surface area contributed by atoms with Crippen molar-refractivity contribution in [1.29, 1.82) is 0 Å². The topological polar surface area (TPSA) is 56.5 Å². The summed E-state index contributed by atoms with van der Waals surface area (Å²) in [6.07, 6.45) is 1.85. The lowest BCUT2D eigenvalue weighted by Crippen LogP contribution is -2.00. The van der Waals surface area contributed by atoms with Crippen molar-refractivity contribution in [2.75, 3.05) is 0 Å². The van der Waals surface area contributed by atoms with Gasteiger partial charge in [0.05, 0.1) is 16.7 Å². The van der Waals surface area contributed by atoms with Crippen LogP contribution in [0.3, 0.4) is 0 Å². The quantitative estimate of drug-likeness (QED) is 0.145. The molecule has 0 atom stereocenters. The van der Waals surface area contributed by atoms with Crippen LogP contribution in [0.4, 0.5) is 0 Å². The summed E-state index contributed by atoms with van der Waals surface area (Å²) in [6, 6.07) is 85.2. The molecule has 0 spiro atoms.